The SMILES string of the molecule is CC(=O)O[C@@H]1[C@@H](OC(C)=O)[C@H](O)O[C@@H]2CO[C@@H](C)O[C@@H]12. The standard InChI is InChI=1S/C12H18O8/c1-5(13)17-10-9-8(4-16-7(3)19-9)20-12(15)11(10)18-6(2)14/h7-12,15H,4H2,1-3H3/t7-,8-,9-,10+,11-,12-/m1/s1. The molecule has 8 nitrogen and oxygen atoms in total. The summed E-state index contributed by atoms with van der Waals surface area (Å²) in [6.07, 6.45) is -5.27. The number of aliphatic hydroxyl groups excluding tert-OH is 1. The van der Waals surface area contributed by atoms with Gasteiger partial charge in [-0.1, -0.05) is 0 Å². The van der Waals surface area contributed by atoms with Gasteiger partial charge in [0, 0.05) is 13.8 Å². The molecule has 0 aliphatic carbocycles. The molecule has 2 heterocycles. The molecular weight excluding hydrogens is 272 g/mol. The molecule has 114 valence electrons. The van der Waals surface area contributed by atoms with Gasteiger partial charge in [-0.05, 0) is 6.92 Å². The van der Waals surface area contributed by atoms with Crippen molar-refractivity contribution in [1.29, 1.82) is 0 Å². The predicted molar refractivity (Wildman–Crippen MR) is 62.3 cm³/mol. The van der Waals surface area contributed by atoms with Crippen LogP contribution in [0.5, 0.6) is 0 Å². The molecule has 2 rings (SSSR count). The lowest BCUT2D eigenvalue weighted by molar-refractivity contribution is -0.350. The number of hydrogen-bond donors (Lipinski definition) is 1. The van der Waals surface area contributed by atoms with Crippen molar-refractivity contribution in [2.24, 2.45) is 0 Å². The van der Waals surface area contributed by atoms with E-state index in [0.29, 0.717) is 0 Å². The Labute approximate surface area is 115 Å². The van der Waals surface area contributed by atoms with E-state index in [1.165, 1.54) is 13.8 Å². The highest BCUT2D eigenvalue weighted by Crippen LogP contribution is 2.31. The van der Waals surface area contributed by atoms with Crippen molar-refractivity contribution in [3.8, 4) is 0 Å². The van der Waals surface area contributed by atoms with Crippen LogP contribution in [-0.4, -0.2) is 60.6 Å². The van der Waals surface area contributed by atoms with Gasteiger partial charge in [0.15, 0.2) is 24.8 Å². The Hall–Kier alpha value is -1.22. The minimum absolute atomic E-state index is 0.188. The molecule has 8 heteroatoms. The Morgan fingerprint density at radius 3 is 2.30 bits per heavy atom. The smallest absolute Gasteiger partial charge is 0.303 e. The maximum absolute atomic E-state index is 11.2. The minimum atomic E-state index is -1.41. The maximum Gasteiger partial charge on any atom is 0.303 e. The van der Waals surface area contributed by atoms with E-state index in [4.69, 9.17) is 23.7 Å². The summed E-state index contributed by atoms with van der Waals surface area (Å²) in [5.41, 5.74) is 0. The fraction of sp³-hybridized carbons (Fsp3) is 0.833. The van der Waals surface area contributed by atoms with Crippen LogP contribution in [0.4, 0.5) is 0 Å². The highest BCUT2D eigenvalue weighted by Gasteiger charge is 2.52. The normalized spacial score (nSPS) is 40.6. The summed E-state index contributed by atoms with van der Waals surface area (Å²) < 4.78 is 26.2. The van der Waals surface area contributed by atoms with Crippen LogP contribution in [0.15, 0.2) is 0 Å². The fourth-order valence-electron chi connectivity index (χ4n) is 2.33. The molecule has 0 aromatic heterocycles. The molecule has 20 heavy (non-hydrogen) atoms. The lowest BCUT2D eigenvalue weighted by Crippen LogP contribution is -2.64. The molecule has 0 unspecified atom stereocenters. The molecule has 0 spiro atoms. The minimum Gasteiger partial charge on any atom is -0.455 e. The Bertz CT molecular complexity index is 384. The van der Waals surface area contributed by atoms with Crippen LogP contribution in [0.1, 0.15) is 20.8 Å². The van der Waals surface area contributed by atoms with Gasteiger partial charge >= 0.3 is 11.9 Å². The Morgan fingerprint density at radius 1 is 1.10 bits per heavy atom. The maximum atomic E-state index is 11.2. The van der Waals surface area contributed by atoms with Crippen molar-refractivity contribution in [2.75, 3.05) is 6.61 Å². The predicted octanol–water partition coefficient (Wildman–Crippen LogP) is -0.672. The number of hydrogen-bond acceptors (Lipinski definition) is 8. The van der Waals surface area contributed by atoms with E-state index >= 15 is 0 Å². The van der Waals surface area contributed by atoms with Crippen molar-refractivity contribution < 1.29 is 38.4 Å². The highest BCUT2D eigenvalue weighted by molar-refractivity contribution is 5.67. The first-order chi connectivity index (χ1) is 9.38. The number of esters is 2. The van der Waals surface area contributed by atoms with Gasteiger partial charge in [-0.3, -0.25) is 9.59 Å². The zero-order valence-electron chi connectivity index (χ0n) is 11.5. The first-order valence-electron chi connectivity index (χ1n) is 6.33. The quantitative estimate of drug-likeness (QED) is 0.668. The molecule has 0 radical (unpaired) electrons. The van der Waals surface area contributed by atoms with E-state index in [-0.39, 0.29) is 6.61 Å². The van der Waals surface area contributed by atoms with Crippen LogP contribution in [0.3, 0.4) is 0 Å². The van der Waals surface area contributed by atoms with Gasteiger partial charge in [0.1, 0.15) is 12.2 Å². The van der Waals surface area contributed by atoms with Gasteiger partial charge in [0.05, 0.1) is 6.61 Å². The zero-order chi connectivity index (χ0) is 14.9. The van der Waals surface area contributed by atoms with E-state index in [2.05, 4.69) is 0 Å². The Balaban J connectivity index is 2.21. The fourth-order valence-corrected chi connectivity index (χ4v) is 2.33. The van der Waals surface area contributed by atoms with E-state index in [1.807, 2.05) is 0 Å². The van der Waals surface area contributed by atoms with Gasteiger partial charge in [-0.25, -0.2) is 0 Å². The molecule has 2 fully saturated rings. The molecule has 2 saturated heterocycles. The summed E-state index contributed by atoms with van der Waals surface area (Å²) >= 11 is 0. The summed E-state index contributed by atoms with van der Waals surface area (Å²) in [6, 6.07) is 0. The molecule has 0 saturated carbocycles. The molecule has 2 aliphatic rings. The first kappa shape index (κ1) is 15.2. The van der Waals surface area contributed by atoms with Gasteiger partial charge in [0.2, 0.25) is 0 Å². The van der Waals surface area contributed by atoms with Gasteiger partial charge < -0.3 is 28.8 Å². The van der Waals surface area contributed by atoms with E-state index in [1.54, 1.807) is 6.92 Å². The van der Waals surface area contributed by atoms with E-state index in [9.17, 15) is 14.7 Å². The van der Waals surface area contributed by atoms with Crippen molar-refractivity contribution in [3.63, 3.8) is 0 Å². The summed E-state index contributed by atoms with van der Waals surface area (Å²) in [7, 11) is 0. The Morgan fingerprint density at radius 2 is 1.70 bits per heavy atom. The molecule has 0 aromatic carbocycles. The van der Waals surface area contributed by atoms with Gasteiger partial charge in [0.25, 0.3) is 0 Å². The molecule has 0 aromatic rings. The summed E-state index contributed by atoms with van der Waals surface area (Å²) in [4.78, 5) is 22.4. The molecule has 6 atom stereocenters. The average molecular weight is 290 g/mol. The lowest BCUT2D eigenvalue weighted by atomic mass is 9.97. The highest BCUT2D eigenvalue weighted by atomic mass is 16.7. The van der Waals surface area contributed by atoms with Crippen LogP contribution in [0, 0.1) is 0 Å². The number of ether oxygens (including phenoxy) is 5. The summed E-state index contributed by atoms with van der Waals surface area (Å²) in [5.74, 6) is -1.18. The third-order valence-corrected chi connectivity index (χ3v) is 3.06. The monoisotopic (exact) mass is 290 g/mol. The van der Waals surface area contributed by atoms with Crippen LogP contribution in [-0.2, 0) is 33.3 Å². The molecule has 2 aliphatic heterocycles. The summed E-state index contributed by atoms with van der Waals surface area (Å²) in [5, 5.41) is 9.90. The number of carbonyl (C=O) groups is 2. The van der Waals surface area contributed by atoms with Crippen molar-refractivity contribution >= 4 is 11.9 Å². The topological polar surface area (TPSA) is 101 Å². The van der Waals surface area contributed by atoms with E-state index in [0.717, 1.165) is 0 Å². The molecule has 0 amide bonds. The van der Waals surface area contributed by atoms with Crippen LogP contribution in [0.25, 0.3) is 0 Å². The lowest BCUT2D eigenvalue weighted by Gasteiger charge is -2.46. The van der Waals surface area contributed by atoms with Crippen molar-refractivity contribution in [2.45, 2.75) is 57.8 Å². The number of carbonyl (C=O) groups excluding carboxylic acids is 2. The third-order valence-electron chi connectivity index (χ3n) is 3.06. The van der Waals surface area contributed by atoms with Gasteiger partial charge in [-0.15, -0.1) is 0 Å². The van der Waals surface area contributed by atoms with Crippen molar-refractivity contribution in [1.82, 2.24) is 0 Å². The van der Waals surface area contributed by atoms with Crippen molar-refractivity contribution in [3.05, 3.63) is 0 Å². The number of fused-ring (bicyclic) bond motifs is 1. The second-order valence-corrected chi connectivity index (χ2v) is 4.71. The Kier molecular flexibility index (Phi) is 4.59. The van der Waals surface area contributed by atoms with Crippen LogP contribution < -0.4 is 0 Å². The number of aliphatic hydroxyl groups is 1. The molecular formula is C12H18O8. The molecule has 1 N–H and O–H groups in total. The second kappa shape index (κ2) is 6.04. The summed E-state index contributed by atoms with van der Waals surface area (Å²) in [6.45, 7) is 4.29. The van der Waals surface area contributed by atoms with Crippen LogP contribution in [0.2, 0.25) is 0 Å². The first-order valence-corrected chi connectivity index (χ1v) is 6.33. The largest absolute Gasteiger partial charge is 0.455 e. The average Bonchev–Trinajstić information content (AvgIpc) is 2.33. The van der Waals surface area contributed by atoms with Gasteiger partial charge in [-0.2, -0.15) is 0 Å². The molecule has 0 bridgehead atoms. The van der Waals surface area contributed by atoms with E-state index < -0.39 is 48.9 Å². The zero-order valence-corrected chi connectivity index (χ0v) is 11.5. The van der Waals surface area contributed by atoms with Crippen LogP contribution >= 0.6 is 0 Å². The number of rotatable bonds is 2. The second-order valence-electron chi connectivity index (χ2n) is 4.71. The third kappa shape index (κ3) is 3.26.